The molecule has 93 valence electrons. The van der Waals surface area contributed by atoms with Crippen LogP contribution in [0.25, 0.3) is 22.0 Å². The largest absolute Gasteiger partial charge is 0.496 e. The van der Waals surface area contributed by atoms with Gasteiger partial charge >= 0.3 is 0 Å². The van der Waals surface area contributed by atoms with Crippen molar-refractivity contribution in [3.8, 4) is 16.9 Å². The lowest BCUT2D eigenvalue weighted by Gasteiger charge is -2.07. The number of H-pyrrole nitrogens is 1. The lowest BCUT2D eigenvalue weighted by Crippen LogP contribution is -2.08. The number of hydrogen-bond donors (Lipinski definition) is 1. The fourth-order valence-electron chi connectivity index (χ4n) is 2.15. The van der Waals surface area contributed by atoms with Crippen LogP contribution >= 0.6 is 0 Å². The summed E-state index contributed by atoms with van der Waals surface area (Å²) in [5.41, 5.74) is 2.12. The van der Waals surface area contributed by atoms with E-state index in [0.29, 0.717) is 5.56 Å². The van der Waals surface area contributed by atoms with Gasteiger partial charge in [-0.25, -0.2) is 0 Å². The number of benzene rings is 2. The fraction of sp³-hybridized carbons (Fsp3) is 0.0625. The minimum Gasteiger partial charge on any atom is -0.496 e. The molecule has 2 aromatic carbocycles. The molecule has 0 unspecified atom stereocenters. The van der Waals surface area contributed by atoms with Crippen molar-refractivity contribution >= 4 is 10.9 Å². The fourth-order valence-corrected chi connectivity index (χ4v) is 2.15. The van der Waals surface area contributed by atoms with E-state index in [9.17, 15) is 4.79 Å². The normalized spacial score (nSPS) is 10.6. The van der Waals surface area contributed by atoms with Gasteiger partial charge < -0.3 is 9.72 Å². The molecule has 3 nitrogen and oxygen atoms in total. The maximum atomic E-state index is 12.1. The maximum Gasteiger partial charge on any atom is 0.256 e. The van der Waals surface area contributed by atoms with E-state index in [4.69, 9.17) is 4.74 Å². The average Bonchev–Trinajstić information content (AvgIpc) is 2.46. The zero-order valence-corrected chi connectivity index (χ0v) is 10.4. The van der Waals surface area contributed by atoms with Crippen LogP contribution in [-0.2, 0) is 0 Å². The van der Waals surface area contributed by atoms with Crippen molar-refractivity contribution in [1.82, 2.24) is 4.98 Å². The predicted molar refractivity (Wildman–Crippen MR) is 75.4 cm³/mol. The molecule has 19 heavy (non-hydrogen) atoms. The number of aromatic amines is 1. The first-order chi connectivity index (χ1) is 9.29. The molecule has 1 aromatic heterocycles. The third kappa shape index (κ3) is 1.99. The highest BCUT2D eigenvalue weighted by atomic mass is 16.5. The number of ether oxygens (including phenoxy) is 1. The van der Waals surface area contributed by atoms with Crippen LogP contribution in [0.3, 0.4) is 0 Å². The second kappa shape index (κ2) is 4.61. The van der Waals surface area contributed by atoms with Gasteiger partial charge in [-0.2, -0.15) is 0 Å². The topological polar surface area (TPSA) is 42.1 Å². The molecule has 0 aliphatic rings. The molecule has 1 heterocycles. The van der Waals surface area contributed by atoms with Crippen LogP contribution in [-0.4, -0.2) is 12.1 Å². The van der Waals surface area contributed by atoms with Crippen molar-refractivity contribution in [1.29, 1.82) is 0 Å². The molecule has 0 saturated heterocycles. The van der Waals surface area contributed by atoms with Crippen molar-refractivity contribution < 1.29 is 4.74 Å². The summed E-state index contributed by atoms with van der Waals surface area (Å²) in [7, 11) is 1.62. The minimum absolute atomic E-state index is 0.111. The summed E-state index contributed by atoms with van der Waals surface area (Å²) in [5, 5.41) is 0.892. The van der Waals surface area contributed by atoms with Crippen LogP contribution in [0.1, 0.15) is 0 Å². The van der Waals surface area contributed by atoms with Gasteiger partial charge in [-0.1, -0.05) is 24.3 Å². The zero-order valence-electron chi connectivity index (χ0n) is 10.4. The number of methoxy groups -OCH3 is 1. The Hall–Kier alpha value is -2.55. The Morgan fingerprint density at radius 3 is 2.84 bits per heavy atom. The summed E-state index contributed by atoms with van der Waals surface area (Å²) in [6, 6.07) is 17.8. The Bertz CT molecular complexity index is 776. The molecule has 0 aliphatic heterocycles. The molecule has 0 spiro atoms. The Morgan fingerprint density at radius 1 is 1.21 bits per heavy atom. The number of aromatic nitrogens is 1. The van der Waals surface area contributed by atoms with Crippen molar-refractivity contribution in [3.63, 3.8) is 0 Å². The van der Waals surface area contributed by atoms with Crippen molar-refractivity contribution in [2.75, 3.05) is 7.11 Å². The van der Waals surface area contributed by atoms with Gasteiger partial charge in [-0.15, -0.1) is 0 Å². The van der Waals surface area contributed by atoms with Gasteiger partial charge in [-0.3, -0.25) is 4.79 Å². The van der Waals surface area contributed by atoms with Crippen LogP contribution in [0.2, 0.25) is 0 Å². The molecule has 3 aromatic rings. The first kappa shape index (κ1) is 11.5. The molecule has 3 rings (SSSR count). The Morgan fingerprint density at radius 2 is 2.11 bits per heavy atom. The summed E-state index contributed by atoms with van der Waals surface area (Å²) >= 11 is 0. The molecule has 0 atom stereocenters. The number of pyridine rings is 1. The molecular formula is C16H12NO2. The standard InChI is InChI=1S/C16H12NO2/c1-19-15-9-5-8-14-13(15)10-12(16(18)17-14)11-6-3-2-4-7-11/h2-3,5-10H,1H3,(H,17,18). The lowest BCUT2D eigenvalue weighted by molar-refractivity contribution is 0.420. The summed E-state index contributed by atoms with van der Waals surface area (Å²) < 4.78 is 5.33. The van der Waals surface area contributed by atoms with E-state index < -0.39 is 0 Å². The van der Waals surface area contributed by atoms with Crippen molar-refractivity contribution in [2.24, 2.45) is 0 Å². The second-order valence-corrected chi connectivity index (χ2v) is 4.23. The molecule has 3 heteroatoms. The lowest BCUT2D eigenvalue weighted by atomic mass is 10.0. The molecule has 0 bridgehead atoms. The highest BCUT2D eigenvalue weighted by Crippen LogP contribution is 2.26. The van der Waals surface area contributed by atoms with Crippen molar-refractivity contribution in [3.05, 3.63) is 65.0 Å². The van der Waals surface area contributed by atoms with Crippen molar-refractivity contribution in [2.45, 2.75) is 0 Å². The minimum atomic E-state index is -0.111. The van der Waals surface area contributed by atoms with Gasteiger partial charge in [-0.05, 0) is 35.9 Å². The van der Waals surface area contributed by atoms with Gasteiger partial charge in [0.1, 0.15) is 5.75 Å². The summed E-state index contributed by atoms with van der Waals surface area (Å²) in [6.07, 6.45) is 0. The Balaban J connectivity index is 2.32. The van der Waals surface area contributed by atoms with Gasteiger partial charge in [0.2, 0.25) is 0 Å². The molecule has 1 radical (unpaired) electrons. The monoisotopic (exact) mass is 250 g/mol. The Labute approximate surface area is 110 Å². The summed E-state index contributed by atoms with van der Waals surface area (Å²) in [6.45, 7) is 0. The predicted octanol–water partition coefficient (Wildman–Crippen LogP) is 3.00. The van der Waals surface area contributed by atoms with E-state index in [2.05, 4.69) is 11.1 Å². The first-order valence-electron chi connectivity index (χ1n) is 5.96. The molecule has 1 N–H and O–H groups in total. The van der Waals surface area contributed by atoms with Crippen LogP contribution in [0.5, 0.6) is 5.75 Å². The zero-order chi connectivity index (χ0) is 13.2. The van der Waals surface area contributed by atoms with Gasteiger partial charge in [0.15, 0.2) is 0 Å². The van der Waals surface area contributed by atoms with Crippen LogP contribution in [0.15, 0.2) is 53.3 Å². The molecule has 0 amide bonds. The smallest absolute Gasteiger partial charge is 0.256 e. The highest BCUT2D eigenvalue weighted by molar-refractivity contribution is 5.88. The Kier molecular flexibility index (Phi) is 2.80. The summed E-state index contributed by atoms with van der Waals surface area (Å²) in [5.74, 6) is 0.745. The SMILES string of the molecule is COc1cccc2[nH]c(=O)c(-c3c[c]ccc3)cc12. The summed E-state index contributed by atoms with van der Waals surface area (Å²) in [4.78, 5) is 15.0. The third-order valence-electron chi connectivity index (χ3n) is 3.09. The van der Waals surface area contributed by atoms with Gasteiger partial charge in [0.25, 0.3) is 5.56 Å². The molecule has 0 saturated carbocycles. The number of fused-ring (bicyclic) bond motifs is 1. The van der Waals surface area contributed by atoms with Crippen LogP contribution in [0.4, 0.5) is 0 Å². The molecule has 0 fully saturated rings. The van der Waals surface area contributed by atoms with Gasteiger partial charge in [0, 0.05) is 10.9 Å². The molecular weight excluding hydrogens is 238 g/mol. The van der Waals surface area contributed by atoms with E-state index in [1.165, 1.54) is 0 Å². The van der Waals surface area contributed by atoms with E-state index in [1.54, 1.807) is 19.2 Å². The second-order valence-electron chi connectivity index (χ2n) is 4.23. The first-order valence-corrected chi connectivity index (χ1v) is 5.96. The highest BCUT2D eigenvalue weighted by Gasteiger charge is 2.08. The van der Waals surface area contributed by atoms with E-state index >= 15 is 0 Å². The third-order valence-corrected chi connectivity index (χ3v) is 3.09. The number of hydrogen-bond acceptors (Lipinski definition) is 2. The van der Waals surface area contributed by atoms with Crippen LogP contribution in [0, 0.1) is 6.07 Å². The molecule has 0 aliphatic carbocycles. The number of nitrogens with one attached hydrogen (secondary N) is 1. The number of rotatable bonds is 2. The maximum absolute atomic E-state index is 12.1. The quantitative estimate of drug-likeness (QED) is 0.759. The van der Waals surface area contributed by atoms with Crippen LogP contribution < -0.4 is 10.3 Å². The average molecular weight is 250 g/mol. The van der Waals surface area contributed by atoms with E-state index in [-0.39, 0.29) is 5.56 Å². The van der Waals surface area contributed by atoms with E-state index in [0.717, 1.165) is 22.2 Å². The van der Waals surface area contributed by atoms with Gasteiger partial charge in [0.05, 0.1) is 12.6 Å². The van der Waals surface area contributed by atoms with E-state index in [1.807, 2.05) is 36.4 Å².